The number of amides is 3. The van der Waals surface area contributed by atoms with Gasteiger partial charge in [-0.05, 0) is 31.9 Å². The summed E-state index contributed by atoms with van der Waals surface area (Å²) in [5.41, 5.74) is 0.845. The van der Waals surface area contributed by atoms with Gasteiger partial charge < -0.3 is 24.7 Å². The van der Waals surface area contributed by atoms with Gasteiger partial charge in [-0.15, -0.1) is 0 Å². The molecule has 1 atom stereocenters. The van der Waals surface area contributed by atoms with Crippen molar-refractivity contribution >= 4 is 17.9 Å². The molecule has 9 heteroatoms. The van der Waals surface area contributed by atoms with Gasteiger partial charge in [-0.1, -0.05) is 13.8 Å². The first-order chi connectivity index (χ1) is 14.8. The van der Waals surface area contributed by atoms with E-state index < -0.39 is 18.0 Å². The molecule has 0 aromatic carbocycles. The van der Waals surface area contributed by atoms with E-state index in [0.29, 0.717) is 67.9 Å². The third kappa shape index (κ3) is 5.66. The number of nitrogens with zero attached hydrogens (tertiary/aromatic N) is 2. The molecule has 0 saturated carbocycles. The molecule has 170 valence electrons. The van der Waals surface area contributed by atoms with Crippen LogP contribution >= 0.6 is 0 Å². The number of urea groups is 1. The van der Waals surface area contributed by atoms with E-state index in [4.69, 9.17) is 9.15 Å². The molecule has 0 spiro atoms. The predicted octanol–water partition coefficient (Wildman–Crippen LogP) is 1.95. The molecule has 1 aromatic rings. The molecule has 2 aliphatic heterocycles. The number of carbonyl (C=O) groups is 3. The van der Waals surface area contributed by atoms with Gasteiger partial charge in [0.1, 0.15) is 17.6 Å². The highest BCUT2D eigenvalue weighted by atomic mass is 16.5. The van der Waals surface area contributed by atoms with Crippen molar-refractivity contribution in [2.45, 2.75) is 40.2 Å². The molecule has 1 fully saturated rings. The average Bonchev–Trinajstić information content (AvgIpc) is 3.14. The van der Waals surface area contributed by atoms with Crippen LogP contribution in [-0.4, -0.2) is 67.0 Å². The molecule has 3 rings (SSSR count). The maximum atomic E-state index is 12.8. The lowest BCUT2D eigenvalue weighted by Crippen LogP contribution is -2.52. The SMILES string of the molecule is CCOC(=O)C1=C(CN2CCN(C(=O)CC(C)C)CC2)NC(=O)N[C@@H]1c1ccc(C)o1. The van der Waals surface area contributed by atoms with Crippen LogP contribution in [0.15, 0.2) is 27.8 Å². The van der Waals surface area contributed by atoms with Crippen molar-refractivity contribution in [3.8, 4) is 0 Å². The largest absolute Gasteiger partial charge is 0.464 e. The second-order valence-corrected chi connectivity index (χ2v) is 8.35. The van der Waals surface area contributed by atoms with E-state index in [1.807, 2.05) is 18.7 Å². The summed E-state index contributed by atoms with van der Waals surface area (Å²) in [5, 5.41) is 5.55. The van der Waals surface area contributed by atoms with E-state index in [0.717, 1.165) is 0 Å². The molecule has 0 aliphatic carbocycles. The first kappa shape index (κ1) is 22.9. The highest BCUT2D eigenvalue weighted by Crippen LogP contribution is 2.29. The number of carbonyl (C=O) groups excluding carboxylic acids is 3. The number of hydrogen-bond donors (Lipinski definition) is 2. The molecule has 0 unspecified atom stereocenters. The van der Waals surface area contributed by atoms with Gasteiger partial charge in [-0.3, -0.25) is 9.69 Å². The van der Waals surface area contributed by atoms with E-state index in [9.17, 15) is 14.4 Å². The van der Waals surface area contributed by atoms with E-state index in [1.54, 1.807) is 26.0 Å². The molecule has 2 N–H and O–H groups in total. The van der Waals surface area contributed by atoms with Crippen LogP contribution in [0, 0.1) is 12.8 Å². The number of ether oxygens (including phenoxy) is 1. The molecule has 1 saturated heterocycles. The highest BCUT2D eigenvalue weighted by Gasteiger charge is 2.36. The second kappa shape index (κ2) is 10.00. The number of furan rings is 1. The van der Waals surface area contributed by atoms with Crippen molar-refractivity contribution < 1.29 is 23.5 Å². The molecule has 9 nitrogen and oxygen atoms in total. The van der Waals surface area contributed by atoms with Crippen LogP contribution in [0.4, 0.5) is 4.79 Å². The zero-order valence-electron chi connectivity index (χ0n) is 18.7. The topological polar surface area (TPSA) is 104 Å². The van der Waals surface area contributed by atoms with Gasteiger partial charge in [0.05, 0.1) is 12.2 Å². The normalized spacial score (nSPS) is 20.0. The smallest absolute Gasteiger partial charge is 0.338 e. The summed E-state index contributed by atoms with van der Waals surface area (Å²) in [4.78, 5) is 41.5. The third-order valence-electron chi connectivity index (χ3n) is 5.38. The zero-order valence-corrected chi connectivity index (χ0v) is 18.7. The van der Waals surface area contributed by atoms with Crippen LogP contribution in [0.25, 0.3) is 0 Å². The van der Waals surface area contributed by atoms with Crippen molar-refractivity contribution in [1.82, 2.24) is 20.4 Å². The Morgan fingerprint density at radius 3 is 2.52 bits per heavy atom. The molecule has 3 heterocycles. The number of piperazine rings is 1. The summed E-state index contributed by atoms with van der Waals surface area (Å²) in [7, 11) is 0. The van der Waals surface area contributed by atoms with Crippen LogP contribution in [-0.2, 0) is 14.3 Å². The lowest BCUT2D eigenvalue weighted by atomic mass is 9.99. The second-order valence-electron chi connectivity index (χ2n) is 8.35. The number of nitrogens with one attached hydrogen (secondary N) is 2. The fourth-order valence-corrected chi connectivity index (χ4v) is 3.87. The summed E-state index contributed by atoms with van der Waals surface area (Å²) in [6, 6.07) is 2.43. The average molecular weight is 433 g/mol. The Hall–Kier alpha value is -2.81. The zero-order chi connectivity index (χ0) is 22.5. The molecule has 0 radical (unpaired) electrons. The van der Waals surface area contributed by atoms with E-state index in [2.05, 4.69) is 15.5 Å². The van der Waals surface area contributed by atoms with Crippen LogP contribution in [0.1, 0.15) is 44.8 Å². The van der Waals surface area contributed by atoms with Crippen LogP contribution in [0.5, 0.6) is 0 Å². The van der Waals surface area contributed by atoms with Gasteiger partial charge >= 0.3 is 12.0 Å². The maximum Gasteiger partial charge on any atom is 0.338 e. The summed E-state index contributed by atoms with van der Waals surface area (Å²) >= 11 is 0. The Balaban J connectivity index is 1.78. The molecule has 2 aliphatic rings. The number of aryl methyl sites for hydroxylation is 1. The lowest BCUT2D eigenvalue weighted by molar-refractivity contribution is -0.139. The monoisotopic (exact) mass is 432 g/mol. The standard InChI is InChI=1S/C22H32N4O5/c1-5-30-21(28)19-16(23-22(29)24-20(19)17-7-6-15(4)31-17)13-25-8-10-26(11-9-25)18(27)12-14(2)3/h6-7,14,20H,5,8-13H2,1-4H3,(H2,23,24,29)/t20-/m1/s1. The minimum Gasteiger partial charge on any atom is -0.464 e. The van der Waals surface area contributed by atoms with Gasteiger partial charge in [0.2, 0.25) is 5.91 Å². The fourth-order valence-electron chi connectivity index (χ4n) is 3.87. The predicted molar refractivity (Wildman–Crippen MR) is 114 cm³/mol. The Morgan fingerprint density at radius 1 is 1.23 bits per heavy atom. The molecular formula is C22H32N4O5. The highest BCUT2D eigenvalue weighted by molar-refractivity contribution is 5.95. The summed E-state index contributed by atoms with van der Waals surface area (Å²) in [5.74, 6) is 1.18. The number of rotatable bonds is 7. The van der Waals surface area contributed by atoms with Crippen molar-refractivity contribution in [1.29, 1.82) is 0 Å². The number of hydrogen-bond acceptors (Lipinski definition) is 6. The van der Waals surface area contributed by atoms with Crippen molar-refractivity contribution in [3.05, 3.63) is 34.9 Å². The number of esters is 1. The minimum atomic E-state index is -0.717. The quantitative estimate of drug-likeness (QED) is 0.639. The fraction of sp³-hybridized carbons (Fsp3) is 0.591. The Kier molecular flexibility index (Phi) is 7.37. The van der Waals surface area contributed by atoms with Gasteiger partial charge in [-0.2, -0.15) is 0 Å². The minimum absolute atomic E-state index is 0.171. The Morgan fingerprint density at radius 2 is 1.94 bits per heavy atom. The lowest BCUT2D eigenvalue weighted by Gasteiger charge is -2.37. The van der Waals surface area contributed by atoms with Gasteiger partial charge in [0, 0.05) is 44.8 Å². The third-order valence-corrected chi connectivity index (χ3v) is 5.38. The summed E-state index contributed by atoms with van der Waals surface area (Å²) in [6.07, 6.45) is 0.546. The Labute approximate surface area is 182 Å². The van der Waals surface area contributed by atoms with Crippen molar-refractivity contribution in [2.75, 3.05) is 39.3 Å². The molecule has 0 bridgehead atoms. The van der Waals surface area contributed by atoms with Crippen LogP contribution in [0.2, 0.25) is 0 Å². The van der Waals surface area contributed by atoms with Gasteiger partial charge in [0.25, 0.3) is 0 Å². The van der Waals surface area contributed by atoms with E-state index >= 15 is 0 Å². The molecular weight excluding hydrogens is 400 g/mol. The van der Waals surface area contributed by atoms with Crippen molar-refractivity contribution in [3.63, 3.8) is 0 Å². The Bertz CT molecular complexity index is 852. The van der Waals surface area contributed by atoms with E-state index in [1.165, 1.54) is 0 Å². The maximum absolute atomic E-state index is 12.8. The first-order valence-electron chi connectivity index (χ1n) is 10.8. The van der Waals surface area contributed by atoms with Crippen LogP contribution in [0.3, 0.4) is 0 Å². The van der Waals surface area contributed by atoms with Crippen molar-refractivity contribution in [2.24, 2.45) is 5.92 Å². The van der Waals surface area contributed by atoms with Gasteiger partial charge in [0.15, 0.2) is 0 Å². The first-order valence-corrected chi connectivity index (χ1v) is 10.8. The summed E-state index contributed by atoms with van der Waals surface area (Å²) < 4.78 is 11.0. The van der Waals surface area contributed by atoms with E-state index in [-0.39, 0.29) is 12.5 Å². The molecule has 31 heavy (non-hydrogen) atoms. The van der Waals surface area contributed by atoms with Gasteiger partial charge in [-0.25, -0.2) is 9.59 Å². The summed E-state index contributed by atoms with van der Waals surface area (Å²) in [6.45, 7) is 10.8. The molecule has 3 amide bonds. The molecule has 1 aromatic heterocycles. The van der Waals surface area contributed by atoms with Crippen LogP contribution < -0.4 is 10.6 Å².